The van der Waals surface area contributed by atoms with Crippen molar-refractivity contribution in [1.82, 2.24) is 15.1 Å². The van der Waals surface area contributed by atoms with E-state index in [1.54, 1.807) is 4.90 Å². The molecule has 3 rings (SSSR count). The molecule has 0 saturated carbocycles. The first-order chi connectivity index (χ1) is 10.6. The van der Waals surface area contributed by atoms with E-state index in [4.69, 9.17) is 4.74 Å². The molecule has 1 aliphatic rings. The van der Waals surface area contributed by atoms with E-state index in [-0.39, 0.29) is 17.6 Å². The first-order valence-electron chi connectivity index (χ1n) is 7.17. The molecule has 0 aliphatic carbocycles. The van der Waals surface area contributed by atoms with Crippen molar-refractivity contribution in [2.45, 2.75) is 32.2 Å². The summed E-state index contributed by atoms with van der Waals surface area (Å²) in [5, 5.41) is 17.9. The maximum atomic E-state index is 12.2. The van der Waals surface area contributed by atoms with Crippen molar-refractivity contribution in [1.29, 1.82) is 0 Å². The van der Waals surface area contributed by atoms with Crippen LogP contribution in [0.1, 0.15) is 26.2 Å². The average molecular weight is 304 g/mol. The van der Waals surface area contributed by atoms with Crippen molar-refractivity contribution in [3.05, 3.63) is 28.3 Å². The fourth-order valence-electron chi connectivity index (χ4n) is 2.68. The number of fused-ring (bicyclic) bond motifs is 1. The Balaban J connectivity index is 1.81. The highest BCUT2D eigenvalue weighted by atomic mass is 16.6. The Morgan fingerprint density at radius 3 is 3.05 bits per heavy atom. The van der Waals surface area contributed by atoms with E-state index in [1.807, 2.05) is 6.92 Å². The van der Waals surface area contributed by atoms with Gasteiger partial charge in [-0.05, 0) is 32.3 Å². The molecule has 2 heterocycles. The van der Waals surface area contributed by atoms with Crippen LogP contribution in [0, 0.1) is 10.1 Å². The van der Waals surface area contributed by atoms with Gasteiger partial charge in [-0.1, -0.05) is 0 Å². The molecule has 8 heteroatoms. The summed E-state index contributed by atoms with van der Waals surface area (Å²) < 4.78 is 5.35. The smallest absolute Gasteiger partial charge is 0.389 e. The molecule has 116 valence electrons. The first-order valence-corrected chi connectivity index (χ1v) is 7.17. The molecule has 1 aromatic heterocycles. The van der Waals surface area contributed by atoms with E-state index >= 15 is 0 Å². The van der Waals surface area contributed by atoms with Crippen LogP contribution in [-0.4, -0.2) is 38.7 Å². The van der Waals surface area contributed by atoms with Gasteiger partial charge < -0.3 is 9.64 Å². The second kappa shape index (κ2) is 5.63. The van der Waals surface area contributed by atoms with Crippen LogP contribution in [0.25, 0.3) is 10.9 Å². The number of carbonyl (C=O) groups is 1. The third-order valence-corrected chi connectivity index (χ3v) is 3.94. The number of hydrogen-bond acceptors (Lipinski definition) is 5. The van der Waals surface area contributed by atoms with Crippen molar-refractivity contribution in [3.8, 4) is 5.88 Å². The van der Waals surface area contributed by atoms with Crippen LogP contribution in [0.3, 0.4) is 0 Å². The number of nitro groups is 1. The number of amides is 1. The fourth-order valence-corrected chi connectivity index (χ4v) is 2.68. The van der Waals surface area contributed by atoms with E-state index in [1.165, 1.54) is 18.2 Å². The minimum atomic E-state index is -0.485. The number of nitrogens with zero attached hydrogens (tertiary/aromatic N) is 3. The molecule has 1 atom stereocenters. The zero-order valence-electron chi connectivity index (χ0n) is 12.1. The second-order valence-corrected chi connectivity index (χ2v) is 5.42. The summed E-state index contributed by atoms with van der Waals surface area (Å²) in [5.74, 6) is 0.146. The Morgan fingerprint density at radius 2 is 2.32 bits per heavy atom. The molecule has 1 aromatic carbocycles. The molecular weight excluding hydrogens is 288 g/mol. The van der Waals surface area contributed by atoms with E-state index < -0.39 is 11.0 Å². The van der Waals surface area contributed by atoms with E-state index in [0.29, 0.717) is 17.4 Å². The number of aromatic amines is 1. The number of ether oxygens (including phenoxy) is 1. The van der Waals surface area contributed by atoms with Crippen molar-refractivity contribution in [2.75, 3.05) is 6.54 Å². The topological polar surface area (TPSA) is 101 Å². The lowest BCUT2D eigenvalue weighted by Gasteiger charge is -2.31. The summed E-state index contributed by atoms with van der Waals surface area (Å²) in [6.07, 6.45) is 2.61. The first kappa shape index (κ1) is 14.3. The van der Waals surface area contributed by atoms with Crippen LogP contribution in [0.15, 0.2) is 18.2 Å². The lowest BCUT2D eigenvalue weighted by molar-refractivity contribution is -0.384. The van der Waals surface area contributed by atoms with Gasteiger partial charge in [0, 0.05) is 24.7 Å². The average Bonchev–Trinajstić information content (AvgIpc) is 2.90. The van der Waals surface area contributed by atoms with Crippen LogP contribution >= 0.6 is 0 Å². The number of aromatic nitrogens is 2. The Labute approximate surface area is 126 Å². The summed E-state index contributed by atoms with van der Waals surface area (Å²) in [7, 11) is 0. The van der Waals surface area contributed by atoms with Crippen LogP contribution < -0.4 is 4.74 Å². The number of hydrogen-bond donors (Lipinski definition) is 1. The monoisotopic (exact) mass is 304 g/mol. The number of H-pyrrole nitrogens is 1. The predicted molar refractivity (Wildman–Crippen MR) is 78.8 cm³/mol. The van der Waals surface area contributed by atoms with Crippen molar-refractivity contribution >= 4 is 22.7 Å². The molecule has 0 bridgehead atoms. The van der Waals surface area contributed by atoms with Crippen molar-refractivity contribution < 1.29 is 14.5 Å². The largest absolute Gasteiger partial charge is 0.416 e. The third kappa shape index (κ3) is 2.59. The molecule has 8 nitrogen and oxygen atoms in total. The van der Waals surface area contributed by atoms with Gasteiger partial charge in [0.2, 0.25) is 0 Å². The minimum absolute atomic E-state index is 0.0429. The van der Waals surface area contributed by atoms with Gasteiger partial charge in [-0.3, -0.25) is 15.2 Å². The highest BCUT2D eigenvalue weighted by Crippen LogP contribution is 2.27. The van der Waals surface area contributed by atoms with Gasteiger partial charge in [0.15, 0.2) is 0 Å². The quantitative estimate of drug-likeness (QED) is 0.679. The van der Waals surface area contributed by atoms with Gasteiger partial charge in [0.05, 0.1) is 15.8 Å². The minimum Gasteiger partial charge on any atom is -0.389 e. The number of rotatable bonds is 2. The molecule has 0 spiro atoms. The maximum Gasteiger partial charge on any atom is 0.416 e. The Hall–Kier alpha value is -2.64. The Kier molecular flexibility index (Phi) is 3.66. The number of carbonyl (C=O) groups excluding carboxylic acids is 1. The summed E-state index contributed by atoms with van der Waals surface area (Å²) in [4.78, 5) is 24.2. The number of benzene rings is 1. The second-order valence-electron chi connectivity index (χ2n) is 5.42. The highest BCUT2D eigenvalue weighted by Gasteiger charge is 2.26. The molecule has 1 aliphatic heterocycles. The number of nitrogens with one attached hydrogen (secondary N) is 1. The summed E-state index contributed by atoms with van der Waals surface area (Å²) in [5.41, 5.74) is 0.419. The van der Waals surface area contributed by atoms with Crippen molar-refractivity contribution in [2.24, 2.45) is 0 Å². The van der Waals surface area contributed by atoms with E-state index in [0.717, 1.165) is 19.3 Å². The zero-order valence-corrected chi connectivity index (χ0v) is 12.1. The van der Waals surface area contributed by atoms with Crippen LogP contribution in [0.4, 0.5) is 10.5 Å². The Bertz CT molecular complexity index is 727. The molecular formula is C14H16N4O4. The lowest BCUT2D eigenvalue weighted by atomic mass is 10.0. The lowest BCUT2D eigenvalue weighted by Crippen LogP contribution is -2.43. The molecule has 1 fully saturated rings. The van der Waals surface area contributed by atoms with E-state index in [9.17, 15) is 14.9 Å². The number of piperidine rings is 1. The molecule has 1 saturated heterocycles. The van der Waals surface area contributed by atoms with Gasteiger partial charge in [0.1, 0.15) is 0 Å². The standard InChI is InChI=1S/C14H16N4O4/c1-9-4-2-3-7-17(9)14(19)22-13-11-6-5-10(18(20)21)8-12(11)15-16-13/h5-6,8-9H,2-4,7H2,1H3,(H,15,16). The zero-order chi connectivity index (χ0) is 15.7. The highest BCUT2D eigenvalue weighted by molar-refractivity contribution is 5.88. The predicted octanol–water partition coefficient (Wildman–Crippen LogP) is 2.84. The van der Waals surface area contributed by atoms with Crippen LogP contribution in [0.5, 0.6) is 5.88 Å². The Morgan fingerprint density at radius 1 is 1.50 bits per heavy atom. The summed E-state index contributed by atoms with van der Waals surface area (Å²) in [6.45, 7) is 2.67. The van der Waals surface area contributed by atoms with Gasteiger partial charge in [-0.15, -0.1) is 5.10 Å². The third-order valence-electron chi connectivity index (χ3n) is 3.94. The molecule has 1 N–H and O–H groups in total. The SMILES string of the molecule is CC1CCCCN1C(=O)Oc1n[nH]c2cc([N+](=O)[O-])ccc12. The van der Waals surface area contributed by atoms with Crippen molar-refractivity contribution in [3.63, 3.8) is 0 Å². The fraction of sp³-hybridized carbons (Fsp3) is 0.429. The van der Waals surface area contributed by atoms with Gasteiger partial charge in [0.25, 0.3) is 11.6 Å². The number of likely N-dealkylation sites (tertiary alicyclic amines) is 1. The van der Waals surface area contributed by atoms with Crippen LogP contribution in [0.2, 0.25) is 0 Å². The summed E-state index contributed by atoms with van der Waals surface area (Å²) >= 11 is 0. The number of non-ortho nitro benzene ring substituents is 1. The number of nitro benzene ring substituents is 1. The molecule has 2 aromatic rings. The maximum absolute atomic E-state index is 12.2. The normalized spacial score (nSPS) is 18.4. The van der Waals surface area contributed by atoms with Gasteiger partial charge >= 0.3 is 6.09 Å². The van der Waals surface area contributed by atoms with Gasteiger partial charge in [-0.2, -0.15) is 0 Å². The molecule has 1 unspecified atom stereocenters. The molecule has 1 amide bonds. The molecule has 22 heavy (non-hydrogen) atoms. The van der Waals surface area contributed by atoms with Gasteiger partial charge in [-0.25, -0.2) is 4.79 Å². The van der Waals surface area contributed by atoms with Crippen LogP contribution in [-0.2, 0) is 0 Å². The summed E-state index contributed by atoms with van der Waals surface area (Å²) in [6, 6.07) is 4.40. The van der Waals surface area contributed by atoms with E-state index in [2.05, 4.69) is 10.2 Å². The molecule has 0 radical (unpaired) electrons.